The van der Waals surface area contributed by atoms with Gasteiger partial charge in [-0.15, -0.1) is 0 Å². The maximum Gasteiger partial charge on any atom is 0.322 e. The summed E-state index contributed by atoms with van der Waals surface area (Å²) in [6.07, 6.45) is 4.95. The fourth-order valence-corrected chi connectivity index (χ4v) is 3.14. The van der Waals surface area contributed by atoms with Crippen molar-refractivity contribution in [2.24, 2.45) is 0 Å². The summed E-state index contributed by atoms with van der Waals surface area (Å²) in [5.41, 5.74) is 0. The Hall–Kier alpha value is -1.14. The second kappa shape index (κ2) is 6.10. The van der Waals surface area contributed by atoms with Crippen molar-refractivity contribution in [3.63, 3.8) is 0 Å². The van der Waals surface area contributed by atoms with Crippen LogP contribution < -0.4 is 9.64 Å². The van der Waals surface area contributed by atoms with E-state index in [-0.39, 0.29) is 11.4 Å². The summed E-state index contributed by atoms with van der Waals surface area (Å²) in [7, 11) is 0. The van der Waals surface area contributed by atoms with Crippen LogP contribution in [-0.2, 0) is 4.74 Å². The van der Waals surface area contributed by atoms with E-state index in [1.54, 1.807) is 0 Å². The van der Waals surface area contributed by atoms with Gasteiger partial charge in [-0.3, -0.25) is 0 Å². The number of ether oxygens (including phenoxy) is 2. The van der Waals surface area contributed by atoms with Crippen molar-refractivity contribution >= 4 is 17.5 Å². The zero-order valence-electron chi connectivity index (χ0n) is 11.6. The van der Waals surface area contributed by atoms with Crippen LogP contribution in [0.2, 0.25) is 5.28 Å². The summed E-state index contributed by atoms with van der Waals surface area (Å²) in [4.78, 5) is 14.8. The van der Waals surface area contributed by atoms with Crippen molar-refractivity contribution in [2.45, 2.75) is 44.8 Å². The first kappa shape index (κ1) is 13.8. The van der Waals surface area contributed by atoms with Crippen molar-refractivity contribution in [3.8, 4) is 6.01 Å². The topological polar surface area (TPSA) is 60.4 Å². The lowest BCUT2D eigenvalue weighted by Crippen LogP contribution is -2.53. The summed E-state index contributed by atoms with van der Waals surface area (Å²) < 4.78 is 11.2. The Labute approximate surface area is 123 Å². The molecule has 1 saturated carbocycles. The minimum Gasteiger partial charge on any atom is -0.464 e. The molecular weight excluding hydrogens is 280 g/mol. The molecule has 0 N–H and O–H groups in total. The summed E-state index contributed by atoms with van der Waals surface area (Å²) in [6.45, 7) is 3.89. The fourth-order valence-electron chi connectivity index (χ4n) is 2.99. The molecule has 0 aromatic carbocycles. The van der Waals surface area contributed by atoms with Gasteiger partial charge in [0.25, 0.3) is 0 Å². The average Bonchev–Trinajstić information content (AvgIpc) is 2.46. The third-order valence-corrected chi connectivity index (χ3v) is 4.01. The van der Waals surface area contributed by atoms with Crippen LogP contribution in [0.3, 0.4) is 0 Å². The third kappa shape index (κ3) is 2.81. The molecule has 2 unspecified atom stereocenters. The Morgan fingerprint density at radius 2 is 2.15 bits per heavy atom. The molecule has 1 saturated heterocycles. The van der Waals surface area contributed by atoms with Gasteiger partial charge in [-0.1, -0.05) is 12.8 Å². The molecule has 0 bridgehead atoms. The Morgan fingerprint density at radius 3 is 3.00 bits per heavy atom. The normalized spacial score (nSPS) is 26.2. The number of anilines is 1. The molecule has 0 radical (unpaired) electrons. The highest BCUT2D eigenvalue weighted by atomic mass is 35.5. The molecule has 1 aliphatic carbocycles. The predicted molar refractivity (Wildman–Crippen MR) is 75.3 cm³/mol. The highest BCUT2D eigenvalue weighted by Gasteiger charge is 2.35. The Kier molecular flexibility index (Phi) is 4.21. The molecule has 2 fully saturated rings. The number of morpholine rings is 1. The highest BCUT2D eigenvalue weighted by Crippen LogP contribution is 2.31. The molecule has 0 amide bonds. The molecule has 2 aliphatic rings. The van der Waals surface area contributed by atoms with Crippen LogP contribution in [0.25, 0.3) is 0 Å². The zero-order valence-corrected chi connectivity index (χ0v) is 12.3. The second-order valence-electron chi connectivity index (χ2n) is 5.07. The lowest BCUT2D eigenvalue weighted by Gasteiger charge is -2.43. The fraction of sp³-hybridized carbons (Fsp3) is 0.769. The van der Waals surface area contributed by atoms with Gasteiger partial charge in [0.05, 0.1) is 25.4 Å². The minimum absolute atomic E-state index is 0.178. The lowest BCUT2D eigenvalue weighted by atomic mass is 9.90. The van der Waals surface area contributed by atoms with E-state index in [1.807, 2.05) is 6.92 Å². The van der Waals surface area contributed by atoms with Crippen molar-refractivity contribution in [3.05, 3.63) is 5.28 Å². The number of nitrogens with zero attached hydrogens (tertiary/aromatic N) is 4. The van der Waals surface area contributed by atoms with Crippen LogP contribution in [0.5, 0.6) is 6.01 Å². The van der Waals surface area contributed by atoms with Gasteiger partial charge in [0.15, 0.2) is 0 Å². The van der Waals surface area contributed by atoms with E-state index in [0.717, 1.165) is 19.4 Å². The van der Waals surface area contributed by atoms with Crippen molar-refractivity contribution < 1.29 is 9.47 Å². The molecular formula is C13H19ClN4O2. The molecule has 1 aromatic heterocycles. The molecule has 20 heavy (non-hydrogen) atoms. The van der Waals surface area contributed by atoms with Crippen LogP contribution >= 0.6 is 11.6 Å². The van der Waals surface area contributed by atoms with Crippen LogP contribution in [0.4, 0.5) is 5.95 Å². The first-order valence-electron chi connectivity index (χ1n) is 7.20. The van der Waals surface area contributed by atoms with E-state index in [9.17, 15) is 0 Å². The second-order valence-corrected chi connectivity index (χ2v) is 5.41. The molecule has 110 valence electrons. The Bertz CT molecular complexity index is 472. The molecule has 2 heterocycles. The molecule has 7 heteroatoms. The van der Waals surface area contributed by atoms with E-state index < -0.39 is 0 Å². The summed E-state index contributed by atoms with van der Waals surface area (Å²) in [6, 6.07) is 0.631. The molecule has 2 atom stereocenters. The summed E-state index contributed by atoms with van der Waals surface area (Å²) >= 11 is 5.98. The Balaban J connectivity index is 1.86. The number of fused-ring (bicyclic) bond motifs is 1. The number of hydrogen-bond acceptors (Lipinski definition) is 6. The Morgan fingerprint density at radius 1 is 1.30 bits per heavy atom. The maximum atomic E-state index is 5.98. The van der Waals surface area contributed by atoms with Gasteiger partial charge >= 0.3 is 6.01 Å². The largest absolute Gasteiger partial charge is 0.464 e. The number of hydrogen-bond donors (Lipinski definition) is 0. The molecule has 1 aromatic rings. The van der Waals surface area contributed by atoms with Crippen molar-refractivity contribution in [1.82, 2.24) is 15.0 Å². The zero-order chi connectivity index (χ0) is 13.9. The number of rotatable bonds is 3. The lowest BCUT2D eigenvalue weighted by molar-refractivity contribution is -0.00939. The first-order valence-corrected chi connectivity index (χ1v) is 7.58. The van der Waals surface area contributed by atoms with Crippen molar-refractivity contribution in [2.75, 3.05) is 24.7 Å². The molecule has 6 nitrogen and oxygen atoms in total. The van der Waals surface area contributed by atoms with E-state index in [1.165, 1.54) is 12.8 Å². The SMILES string of the molecule is CCOc1nc(Cl)nc(N2CCOC3CCCCC32)n1. The predicted octanol–water partition coefficient (Wildman–Crippen LogP) is 2.07. The van der Waals surface area contributed by atoms with Gasteiger partial charge in [0.2, 0.25) is 11.2 Å². The minimum atomic E-state index is 0.178. The van der Waals surface area contributed by atoms with Crippen LogP contribution in [-0.4, -0.2) is 46.9 Å². The van der Waals surface area contributed by atoms with E-state index in [4.69, 9.17) is 21.1 Å². The quantitative estimate of drug-likeness (QED) is 0.851. The van der Waals surface area contributed by atoms with Gasteiger partial charge in [-0.25, -0.2) is 0 Å². The highest BCUT2D eigenvalue weighted by molar-refractivity contribution is 6.28. The maximum absolute atomic E-state index is 5.98. The summed E-state index contributed by atoms with van der Waals surface area (Å²) in [5.74, 6) is 0.605. The molecule has 0 spiro atoms. The molecule has 3 rings (SSSR count). The van der Waals surface area contributed by atoms with E-state index >= 15 is 0 Å². The van der Waals surface area contributed by atoms with E-state index in [0.29, 0.717) is 31.2 Å². The van der Waals surface area contributed by atoms with Crippen molar-refractivity contribution in [1.29, 1.82) is 0 Å². The molecule has 1 aliphatic heterocycles. The smallest absolute Gasteiger partial charge is 0.322 e. The first-order chi connectivity index (χ1) is 9.78. The van der Waals surface area contributed by atoms with Gasteiger partial charge < -0.3 is 14.4 Å². The monoisotopic (exact) mass is 298 g/mol. The third-order valence-electron chi connectivity index (χ3n) is 3.84. The van der Waals surface area contributed by atoms with Gasteiger partial charge in [0, 0.05) is 6.54 Å². The van der Waals surface area contributed by atoms with Crippen LogP contribution in [0.1, 0.15) is 32.6 Å². The number of aromatic nitrogens is 3. The standard InChI is InChI=1S/C13H19ClN4O2/c1-2-19-13-16-11(14)15-12(17-13)18-7-8-20-10-6-4-3-5-9(10)18/h9-10H,2-8H2,1H3. The average molecular weight is 299 g/mol. The van der Waals surface area contributed by atoms with Gasteiger partial charge in [-0.2, -0.15) is 15.0 Å². The van der Waals surface area contributed by atoms with Gasteiger partial charge in [0.1, 0.15) is 0 Å². The van der Waals surface area contributed by atoms with Crippen LogP contribution in [0, 0.1) is 0 Å². The van der Waals surface area contributed by atoms with E-state index in [2.05, 4.69) is 19.9 Å². The van der Waals surface area contributed by atoms with Crippen LogP contribution in [0.15, 0.2) is 0 Å². The van der Waals surface area contributed by atoms with Gasteiger partial charge in [-0.05, 0) is 31.4 Å². The summed E-state index contributed by atoms with van der Waals surface area (Å²) in [5, 5.41) is 0.178. The number of halogens is 1.